The second-order valence-electron chi connectivity index (χ2n) is 20.2. The Bertz CT molecular complexity index is 1700. The van der Waals surface area contributed by atoms with Gasteiger partial charge in [-0.1, -0.05) is 244 Å². The van der Waals surface area contributed by atoms with Crippen LogP contribution in [0.25, 0.3) is 0 Å². The zero-order valence-electron chi connectivity index (χ0n) is 49.7. The van der Waals surface area contributed by atoms with E-state index < -0.39 is 6.10 Å². The number of allylic oxidation sites excluding steroid dienone is 24. The Morgan fingerprint density at radius 2 is 0.506 bits per heavy atom. The van der Waals surface area contributed by atoms with E-state index in [0.717, 1.165) is 161 Å². The lowest BCUT2D eigenvalue weighted by Crippen LogP contribution is -2.30. The fraction of sp³-hybridized carbons (Fsp3) is 0.620. The molecule has 0 radical (unpaired) electrons. The molecule has 1 atom stereocenters. The average molecular weight is 1060 g/mol. The van der Waals surface area contributed by atoms with E-state index in [4.69, 9.17) is 14.2 Å². The zero-order valence-corrected chi connectivity index (χ0v) is 49.7. The highest BCUT2D eigenvalue weighted by atomic mass is 16.6. The van der Waals surface area contributed by atoms with Crippen LogP contribution >= 0.6 is 0 Å². The van der Waals surface area contributed by atoms with Gasteiger partial charge in [0.05, 0.1) is 0 Å². The van der Waals surface area contributed by atoms with E-state index in [-0.39, 0.29) is 31.1 Å². The van der Waals surface area contributed by atoms with E-state index >= 15 is 0 Å². The lowest BCUT2D eigenvalue weighted by atomic mass is 10.1. The number of rotatable bonds is 55. The van der Waals surface area contributed by atoms with Crippen LogP contribution in [0.2, 0.25) is 0 Å². The predicted octanol–water partition coefficient (Wildman–Crippen LogP) is 21.5. The van der Waals surface area contributed by atoms with Gasteiger partial charge in [-0.05, 0) is 148 Å². The summed E-state index contributed by atoms with van der Waals surface area (Å²) in [6, 6.07) is 0. The molecule has 0 N–H and O–H groups in total. The fourth-order valence-electron chi connectivity index (χ4n) is 8.11. The zero-order chi connectivity index (χ0) is 55.7. The maximum atomic E-state index is 12.9. The molecule has 0 aromatic heterocycles. The monoisotopic (exact) mass is 1060 g/mol. The molecule has 0 amide bonds. The molecule has 0 aliphatic heterocycles. The van der Waals surface area contributed by atoms with E-state index in [0.29, 0.717) is 19.3 Å². The predicted molar refractivity (Wildman–Crippen MR) is 334 cm³/mol. The molecule has 0 aromatic rings. The molecular weight excluding hydrogens is 949 g/mol. The van der Waals surface area contributed by atoms with Crippen LogP contribution in [0.4, 0.5) is 0 Å². The van der Waals surface area contributed by atoms with Crippen LogP contribution in [0.1, 0.15) is 265 Å². The number of carbonyl (C=O) groups is 3. The van der Waals surface area contributed by atoms with Gasteiger partial charge >= 0.3 is 17.9 Å². The summed E-state index contributed by atoms with van der Waals surface area (Å²) in [4.78, 5) is 38.3. The van der Waals surface area contributed by atoms with Gasteiger partial charge in [0.2, 0.25) is 0 Å². The maximum absolute atomic E-state index is 12.9. The molecule has 0 saturated heterocycles. The van der Waals surface area contributed by atoms with Crippen molar-refractivity contribution in [2.45, 2.75) is 271 Å². The lowest BCUT2D eigenvalue weighted by Gasteiger charge is -2.18. The van der Waals surface area contributed by atoms with Gasteiger partial charge < -0.3 is 14.2 Å². The molecule has 0 aliphatic carbocycles. The van der Waals surface area contributed by atoms with Gasteiger partial charge in [0.1, 0.15) is 13.2 Å². The summed E-state index contributed by atoms with van der Waals surface area (Å²) in [5.74, 6) is -0.968. The Kier molecular flexibility index (Phi) is 59.9. The van der Waals surface area contributed by atoms with Crippen molar-refractivity contribution in [3.05, 3.63) is 146 Å². The highest BCUT2D eigenvalue weighted by Gasteiger charge is 2.19. The van der Waals surface area contributed by atoms with Crippen molar-refractivity contribution in [1.82, 2.24) is 0 Å². The first-order valence-electron chi connectivity index (χ1n) is 31.3. The van der Waals surface area contributed by atoms with Crippen LogP contribution in [-0.2, 0) is 28.6 Å². The Labute approximate surface area is 474 Å². The van der Waals surface area contributed by atoms with Crippen LogP contribution in [0.5, 0.6) is 0 Å². The summed E-state index contributed by atoms with van der Waals surface area (Å²) >= 11 is 0. The van der Waals surface area contributed by atoms with Crippen molar-refractivity contribution in [3.8, 4) is 0 Å². The number of hydrogen-bond donors (Lipinski definition) is 0. The maximum Gasteiger partial charge on any atom is 0.306 e. The molecule has 1 unspecified atom stereocenters. The number of unbranched alkanes of at least 4 members (excludes halogenated alkanes) is 20. The van der Waals surface area contributed by atoms with Crippen LogP contribution in [0.15, 0.2) is 146 Å². The lowest BCUT2D eigenvalue weighted by molar-refractivity contribution is -0.167. The Morgan fingerprint density at radius 1 is 0.273 bits per heavy atom. The topological polar surface area (TPSA) is 78.9 Å². The van der Waals surface area contributed by atoms with Crippen molar-refractivity contribution in [2.75, 3.05) is 13.2 Å². The largest absolute Gasteiger partial charge is 0.462 e. The van der Waals surface area contributed by atoms with Gasteiger partial charge in [-0.3, -0.25) is 14.4 Å². The van der Waals surface area contributed by atoms with Gasteiger partial charge in [-0.2, -0.15) is 0 Å². The molecule has 0 heterocycles. The third kappa shape index (κ3) is 62.0. The average Bonchev–Trinajstić information content (AvgIpc) is 3.43. The van der Waals surface area contributed by atoms with Crippen LogP contribution in [-0.4, -0.2) is 37.2 Å². The first-order chi connectivity index (χ1) is 38.0. The summed E-state index contributed by atoms with van der Waals surface area (Å²) in [6.07, 6.45) is 91.2. The molecule has 0 aliphatic rings. The standard InChI is InChI=1S/C71H114O6/c1-4-7-10-13-16-19-22-25-28-30-32-33-34-35-36-37-39-40-43-46-49-52-55-58-61-64-70(73)76-67-68(66-75-69(72)63-60-57-54-51-48-45-42-27-24-21-18-15-12-9-6-3)77-71(74)65-62-59-56-53-50-47-44-41-38-31-29-26-23-20-17-14-11-8-5-2/h7,10,16-21,25-29,32-33,35-36,38-42,46,49,68H,4-6,8-9,11-15,22-24,30-31,34,37,43-45,47-48,50-67H2,1-3H3/b10-7-,19-16-,20-17-,21-18-,28-25-,29-26-,33-32-,36-35-,40-39-,41-38-,42-27-,49-46-. The summed E-state index contributed by atoms with van der Waals surface area (Å²) in [7, 11) is 0. The summed E-state index contributed by atoms with van der Waals surface area (Å²) in [5.41, 5.74) is 0. The number of hydrogen-bond acceptors (Lipinski definition) is 6. The molecule has 6 heteroatoms. The minimum absolute atomic E-state index is 0.107. The number of esters is 3. The van der Waals surface area contributed by atoms with E-state index in [2.05, 4.69) is 167 Å². The van der Waals surface area contributed by atoms with Gasteiger partial charge in [-0.25, -0.2) is 0 Å². The summed E-state index contributed by atoms with van der Waals surface area (Å²) in [5, 5.41) is 0. The summed E-state index contributed by atoms with van der Waals surface area (Å²) in [6.45, 7) is 6.42. The molecule has 434 valence electrons. The highest BCUT2D eigenvalue weighted by molar-refractivity contribution is 5.71. The minimum atomic E-state index is -0.813. The third-order valence-electron chi connectivity index (χ3n) is 12.8. The molecule has 0 rings (SSSR count). The second-order valence-corrected chi connectivity index (χ2v) is 20.2. The first kappa shape index (κ1) is 72.3. The van der Waals surface area contributed by atoms with Gasteiger partial charge in [0, 0.05) is 19.3 Å². The fourth-order valence-corrected chi connectivity index (χ4v) is 8.11. The van der Waals surface area contributed by atoms with Gasteiger partial charge in [0.15, 0.2) is 6.10 Å². The molecule has 0 bridgehead atoms. The number of ether oxygens (including phenoxy) is 3. The third-order valence-corrected chi connectivity index (χ3v) is 12.8. The Balaban J connectivity index is 4.51. The van der Waals surface area contributed by atoms with Crippen LogP contribution in [0.3, 0.4) is 0 Å². The molecule has 0 spiro atoms. The number of carbonyl (C=O) groups excluding carboxylic acids is 3. The quantitative estimate of drug-likeness (QED) is 0.0261. The van der Waals surface area contributed by atoms with Crippen LogP contribution in [0, 0.1) is 0 Å². The second kappa shape index (κ2) is 63.8. The SMILES string of the molecule is CC/C=C\C/C=C\C/C=C\C/C=C\C/C=C\C/C=C\C/C=C\CCCCCC(=O)OCC(COC(=O)CCCCCCC/C=C\C/C=C\CCCCC)OC(=O)CCCCCCCC/C=C\C/C=C\C/C=C\CCCCC. The Hall–Kier alpha value is -4.71. The first-order valence-corrected chi connectivity index (χ1v) is 31.3. The molecule has 0 aromatic carbocycles. The van der Waals surface area contributed by atoms with Crippen molar-refractivity contribution in [1.29, 1.82) is 0 Å². The van der Waals surface area contributed by atoms with Gasteiger partial charge in [-0.15, -0.1) is 0 Å². The van der Waals surface area contributed by atoms with Crippen molar-refractivity contribution in [2.24, 2.45) is 0 Å². The van der Waals surface area contributed by atoms with Crippen molar-refractivity contribution in [3.63, 3.8) is 0 Å². The normalized spacial score (nSPS) is 13.1. The minimum Gasteiger partial charge on any atom is -0.462 e. The van der Waals surface area contributed by atoms with Crippen molar-refractivity contribution >= 4 is 17.9 Å². The van der Waals surface area contributed by atoms with E-state index in [1.165, 1.54) is 64.2 Å². The summed E-state index contributed by atoms with van der Waals surface area (Å²) < 4.78 is 16.9. The molecular formula is C71H114O6. The smallest absolute Gasteiger partial charge is 0.306 e. The molecule has 77 heavy (non-hydrogen) atoms. The molecule has 0 saturated carbocycles. The van der Waals surface area contributed by atoms with Crippen molar-refractivity contribution < 1.29 is 28.6 Å². The Morgan fingerprint density at radius 3 is 0.805 bits per heavy atom. The van der Waals surface area contributed by atoms with Crippen LogP contribution < -0.4 is 0 Å². The van der Waals surface area contributed by atoms with E-state index in [1.54, 1.807) is 0 Å². The van der Waals surface area contributed by atoms with E-state index in [1.807, 2.05) is 0 Å². The molecule has 0 fully saturated rings. The van der Waals surface area contributed by atoms with Gasteiger partial charge in [0.25, 0.3) is 0 Å². The molecule has 6 nitrogen and oxygen atoms in total. The van der Waals surface area contributed by atoms with E-state index in [9.17, 15) is 14.4 Å². The highest BCUT2D eigenvalue weighted by Crippen LogP contribution is 2.13.